The largest absolute Gasteiger partial charge is 0.458 e. The molecule has 3 heterocycles. The van der Waals surface area contributed by atoms with Gasteiger partial charge in [-0.15, -0.1) is 12.4 Å². The fourth-order valence-electron chi connectivity index (χ4n) is 3.54. The van der Waals surface area contributed by atoms with Gasteiger partial charge in [0.2, 0.25) is 9.84 Å². The van der Waals surface area contributed by atoms with Gasteiger partial charge in [-0.3, -0.25) is 0 Å². The summed E-state index contributed by atoms with van der Waals surface area (Å²) in [5, 5.41) is 8.44. The molecule has 1 N–H and O–H groups in total. The highest BCUT2D eigenvalue weighted by atomic mass is 35.5. The number of benzene rings is 2. The molecule has 2 aromatic carbocycles. The Morgan fingerprint density at radius 3 is 2.64 bits per heavy atom. The number of furan rings is 1. The molecule has 1 aliphatic heterocycles. The molecule has 144 valence electrons. The van der Waals surface area contributed by atoms with Crippen molar-refractivity contribution < 1.29 is 12.8 Å². The van der Waals surface area contributed by atoms with E-state index in [4.69, 9.17) is 4.42 Å². The van der Waals surface area contributed by atoms with E-state index in [2.05, 4.69) is 10.4 Å². The third kappa shape index (κ3) is 2.92. The molecular formula is C20H18ClN3O3S. The van der Waals surface area contributed by atoms with Crippen LogP contribution in [0.2, 0.25) is 0 Å². The Morgan fingerprint density at radius 2 is 1.89 bits per heavy atom. The Labute approximate surface area is 168 Å². The smallest absolute Gasteiger partial charge is 0.206 e. The monoisotopic (exact) mass is 415 g/mol. The van der Waals surface area contributed by atoms with Crippen LogP contribution in [-0.2, 0) is 22.8 Å². The van der Waals surface area contributed by atoms with Gasteiger partial charge in [-0.2, -0.15) is 5.10 Å². The van der Waals surface area contributed by atoms with Crippen LogP contribution in [0.25, 0.3) is 16.7 Å². The third-order valence-electron chi connectivity index (χ3n) is 4.88. The van der Waals surface area contributed by atoms with Gasteiger partial charge in [-0.1, -0.05) is 18.2 Å². The van der Waals surface area contributed by atoms with Gasteiger partial charge in [-0.05, 0) is 30.3 Å². The first kappa shape index (κ1) is 18.7. The molecule has 6 nitrogen and oxygen atoms in total. The van der Waals surface area contributed by atoms with Gasteiger partial charge in [0.05, 0.1) is 9.79 Å². The van der Waals surface area contributed by atoms with Crippen LogP contribution in [0, 0.1) is 0 Å². The molecule has 0 saturated carbocycles. The summed E-state index contributed by atoms with van der Waals surface area (Å²) < 4.78 is 34.2. The highest BCUT2D eigenvalue weighted by molar-refractivity contribution is 7.91. The molecule has 4 aromatic rings. The first-order chi connectivity index (χ1) is 13.1. The number of hydrogen-bond donors (Lipinski definition) is 1. The quantitative estimate of drug-likeness (QED) is 0.554. The van der Waals surface area contributed by atoms with Crippen molar-refractivity contribution in [3.05, 3.63) is 72.2 Å². The molecule has 0 spiro atoms. The lowest BCUT2D eigenvalue weighted by Gasteiger charge is -2.11. The molecule has 0 amide bonds. The van der Waals surface area contributed by atoms with Crippen LogP contribution in [0.15, 0.2) is 75.1 Å². The van der Waals surface area contributed by atoms with E-state index < -0.39 is 9.84 Å². The molecule has 1 aliphatic rings. The maximum absolute atomic E-state index is 13.2. The molecule has 0 atom stereocenters. The number of nitrogens with one attached hydrogen (secondary N) is 1. The van der Waals surface area contributed by atoms with Gasteiger partial charge in [-0.25, -0.2) is 13.1 Å². The van der Waals surface area contributed by atoms with Gasteiger partial charge in [0.15, 0.2) is 5.58 Å². The summed E-state index contributed by atoms with van der Waals surface area (Å²) in [6.07, 6.45) is 4.23. The van der Waals surface area contributed by atoms with Crippen LogP contribution >= 0.6 is 12.4 Å². The summed E-state index contributed by atoms with van der Waals surface area (Å²) in [6.45, 7) is 1.51. The Bertz CT molecular complexity index is 1230. The average molecular weight is 416 g/mol. The maximum atomic E-state index is 13.2. The van der Waals surface area contributed by atoms with Gasteiger partial charge in [0.25, 0.3) is 0 Å². The standard InChI is InChI=1S/C20H17N3O3S.ClH/c24-27(25,14-5-2-1-3-6-14)15-11-16-17-13-21-9-7-19(17)26-20(16)18(12-15)23-10-4-8-22-23;/h1-6,8,10-12,21H,7,9,13H2;1H. The zero-order chi connectivity index (χ0) is 18.4. The predicted molar refractivity (Wildman–Crippen MR) is 108 cm³/mol. The van der Waals surface area contributed by atoms with Crippen LogP contribution in [0.3, 0.4) is 0 Å². The number of hydrogen-bond acceptors (Lipinski definition) is 5. The summed E-state index contributed by atoms with van der Waals surface area (Å²) in [5.74, 6) is 0.909. The minimum absolute atomic E-state index is 0. The lowest BCUT2D eigenvalue weighted by atomic mass is 10.1. The van der Waals surface area contributed by atoms with Crippen LogP contribution in [0.4, 0.5) is 0 Å². The molecule has 28 heavy (non-hydrogen) atoms. The first-order valence-electron chi connectivity index (χ1n) is 8.74. The van der Waals surface area contributed by atoms with Gasteiger partial charge in [0, 0.05) is 42.9 Å². The van der Waals surface area contributed by atoms with E-state index in [1.165, 1.54) is 0 Å². The summed E-state index contributed by atoms with van der Waals surface area (Å²) in [4.78, 5) is 0.507. The number of halogens is 1. The number of nitrogens with zero attached hydrogens (tertiary/aromatic N) is 2. The number of aromatic nitrogens is 2. The van der Waals surface area contributed by atoms with Gasteiger partial charge < -0.3 is 9.73 Å². The molecule has 0 unspecified atom stereocenters. The average Bonchev–Trinajstić information content (AvgIpc) is 3.36. The van der Waals surface area contributed by atoms with Gasteiger partial charge >= 0.3 is 0 Å². The van der Waals surface area contributed by atoms with Crippen molar-refractivity contribution in [3.8, 4) is 5.69 Å². The van der Waals surface area contributed by atoms with Crippen molar-refractivity contribution >= 4 is 33.2 Å². The highest BCUT2D eigenvalue weighted by Crippen LogP contribution is 2.35. The minimum atomic E-state index is -3.65. The molecule has 2 aromatic heterocycles. The number of fused-ring (bicyclic) bond motifs is 3. The predicted octanol–water partition coefficient (Wildman–Crippen LogP) is 3.52. The number of rotatable bonds is 3. The second kappa shape index (κ2) is 7.09. The fraction of sp³-hybridized carbons (Fsp3) is 0.150. The molecule has 0 saturated heterocycles. The number of sulfone groups is 1. The van der Waals surface area contributed by atoms with E-state index in [1.807, 2.05) is 0 Å². The van der Waals surface area contributed by atoms with Crippen molar-refractivity contribution in [3.63, 3.8) is 0 Å². The molecular weight excluding hydrogens is 398 g/mol. The second-order valence-electron chi connectivity index (χ2n) is 6.52. The lowest BCUT2D eigenvalue weighted by Crippen LogP contribution is -2.22. The minimum Gasteiger partial charge on any atom is -0.458 e. The van der Waals surface area contributed by atoms with E-state index in [-0.39, 0.29) is 22.2 Å². The highest BCUT2D eigenvalue weighted by Gasteiger charge is 2.25. The molecule has 0 radical (unpaired) electrons. The Hall–Kier alpha value is -2.61. The zero-order valence-electron chi connectivity index (χ0n) is 14.8. The molecule has 0 bridgehead atoms. The Balaban J connectivity index is 0.00000192. The van der Waals surface area contributed by atoms with Crippen molar-refractivity contribution in [2.45, 2.75) is 22.8 Å². The maximum Gasteiger partial charge on any atom is 0.206 e. The zero-order valence-corrected chi connectivity index (χ0v) is 16.5. The summed E-state index contributed by atoms with van der Waals surface area (Å²) >= 11 is 0. The van der Waals surface area contributed by atoms with E-state index in [9.17, 15) is 8.42 Å². The fourth-order valence-corrected chi connectivity index (χ4v) is 4.86. The Kier molecular flexibility index (Phi) is 4.74. The summed E-state index contributed by atoms with van der Waals surface area (Å²) in [5.41, 5.74) is 2.32. The summed E-state index contributed by atoms with van der Waals surface area (Å²) in [7, 11) is -3.65. The van der Waals surface area contributed by atoms with Crippen molar-refractivity contribution in [2.24, 2.45) is 0 Å². The molecule has 8 heteroatoms. The topological polar surface area (TPSA) is 77.1 Å². The third-order valence-corrected chi connectivity index (χ3v) is 6.62. The lowest BCUT2D eigenvalue weighted by molar-refractivity contribution is 0.499. The van der Waals surface area contributed by atoms with Gasteiger partial charge in [0.1, 0.15) is 11.4 Å². The van der Waals surface area contributed by atoms with Crippen molar-refractivity contribution in [1.82, 2.24) is 15.1 Å². The van der Waals surface area contributed by atoms with E-state index >= 15 is 0 Å². The molecule has 0 fully saturated rings. The summed E-state index contributed by atoms with van der Waals surface area (Å²) in [6, 6.07) is 13.6. The van der Waals surface area contributed by atoms with Crippen molar-refractivity contribution in [1.29, 1.82) is 0 Å². The normalized spacial score (nSPS) is 13.9. The van der Waals surface area contributed by atoms with E-state index in [0.717, 1.165) is 29.7 Å². The SMILES string of the molecule is Cl.O=S(=O)(c1ccccc1)c1cc(-n2cccn2)c2oc3c(c2c1)CNCC3. The van der Waals surface area contributed by atoms with Crippen molar-refractivity contribution in [2.75, 3.05) is 6.54 Å². The molecule has 0 aliphatic carbocycles. The van der Waals surface area contributed by atoms with Crippen LogP contribution in [0.1, 0.15) is 11.3 Å². The van der Waals surface area contributed by atoms with E-state index in [1.54, 1.807) is 65.6 Å². The first-order valence-corrected chi connectivity index (χ1v) is 10.2. The second-order valence-corrected chi connectivity index (χ2v) is 8.47. The van der Waals surface area contributed by atoms with E-state index in [0.29, 0.717) is 17.8 Å². The molecule has 5 rings (SSSR count). The Morgan fingerprint density at radius 1 is 1.07 bits per heavy atom. The van der Waals surface area contributed by atoms with Crippen LogP contribution in [0.5, 0.6) is 0 Å². The van der Waals surface area contributed by atoms with Crippen LogP contribution in [-0.4, -0.2) is 24.7 Å². The van der Waals surface area contributed by atoms with Crippen LogP contribution < -0.4 is 5.32 Å².